The summed E-state index contributed by atoms with van der Waals surface area (Å²) in [7, 11) is 0. The van der Waals surface area contributed by atoms with Crippen LogP contribution in [0.1, 0.15) is 71.4 Å². The molecule has 0 spiro atoms. The molecule has 10 rings (SSSR count). The first-order chi connectivity index (χ1) is 27.2. The van der Waals surface area contributed by atoms with Crippen LogP contribution in [-0.4, -0.2) is 0 Å². The van der Waals surface area contributed by atoms with Gasteiger partial charge in [0.1, 0.15) is 0 Å². The second-order valence-electron chi connectivity index (χ2n) is 15.5. The third-order valence-corrected chi connectivity index (χ3v) is 12.5. The van der Waals surface area contributed by atoms with E-state index in [0.29, 0.717) is 5.92 Å². The van der Waals surface area contributed by atoms with E-state index in [-0.39, 0.29) is 0 Å². The van der Waals surface area contributed by atoms with Crippen molar-refractivity contribution in [3.05, 3.63) is 221 Å². The van der Waals surface area contributed by atoms with E-state index in [1.807, 2.05) is 0 Å². The van der Waals surface area contributed by atoms with Crippen molar-refractivity contribution in [1.29, 1.82) is 0 Å². The molecule has 1 fully saturated rings. The van der Waals surface area contributed by atoms with Crippen LogP contribution >= 0.6 is 0 Å². The summed E-state index contributed by atoms with van der Waals surface area (Å²) in [6.45, 7) is 2.27. The molecule has 2 aliphatic rings. The standard InChI is InChI=1S/C54H45N/c1-38-17-16-28-49-52(38)48-35-34-46(37-50(48)54(49,43-23-10-4-11-24-43)44-25-12-5-13-26-44)55(45-32-29-40(30-33-45)39-18-6-2-7-19-39)51-36-31-41-20-14-15-27-47(41)53(51)42-21-8-3-9-22-42/h3-5,8-17,20-37,39H,2,6-7,18-19H2,1H3. The highest BCUT2D eigenvalue weighted by molar-refractivity contribution is 6.05. The minimum Gasteiger partial charge on any atom is -0.310 e. The van der Waals surface area contributed by atoms with E-state index in [9.17, 15) is 0 Å². The quantitative estimate of drug-likeness (QED) is 0.159. The lowest BCUT2D eigenvalue weighted by molar-refractivity contribution is 0.443. The van der Waals surface area contributed by atoms with Gasteiger partial charge in [-0.2, -0.15) is 0 Å². The zero-order chi connectivity index (χ0) is 36.8. The first-order valence-corrected chi connectivity index (χ1v) is 20.0. The predicted molar refractivity (Wildman–Crippen MR) is 232 cm³/mol. The molecule has 8 aromatic carbocycles. The van der Waals surface area contributed by atoms with Crippen LogP contribution in [0.15, 0.2) is 188 Å². The Hall–Kier alpha value is -6.18. The van der Waals surface area contributed by atoms with Crippen molar-refractivity contribution in [1.82, 2.24) is 0 Å². The maximum absolute atomic E-state index is 2.52. The third-order valence-electron chi connectivity index (χ3n) is 12.5. The van der Waals surface area contributed by atoms with Gasteiger partial charge in [0.05, 0.1) is 11.1 Å². The normalized spacial score (nSPS) is 14.7. The average Bonchev–Trinajstić information content (AvgIpc) is 3.56. The molecule has 1 saturated carbocycles. The summed E-state index contributed by atoms with van der Waals surface area (Å²) in [6, 6.07) is 70.4. The minimum absolute atomic E-state index is 0.489. The summed E-state index contributed by atoms with van der Waals surface area (Å²) in [4.78, 5) is 2.52. The maximum Gasteiger partial charge on any atom is 0.0714 e. The lowest BCUT2D eigenvalue weighted by Crippen LogP contribution is -2.28. The van der Waals surface area contributed by atoms with Gasteiger partial charge >= 0.3 is 0 Å². The van der Waals surface area contributed by atoms with Gasteiger partial charge in [-0.15, -0.1) is 0 Å². The van der Waals surface area contributed by atoms with Gasteiger partial charge in [-0.1, -0.05) is 177 Å². The Kier molecular flexibility index (Phi) is 8.44. The van der Waals surface area contributed by atoms with Crippen LogP contribution in [0, 0.1) is 6.92 Å². The first-order valence-electron chi connectivity index (χ1n) is 20.0. The van der Waals surface area contributed by atoms with Crippen molar-refractivity contribution >= 4 is 27.8 Å². The van der Waals surface area contributed by atoms with E-state index in [4.69, 9.17) is 0 Å². The number of benzene rings is 8. The summed E-state index contributed by atoms with van der Waals surface area (Å²) in [5, 5.41) is 2.49. The van der Waals surface area contributed by atoms with Gasteiger partial charge < -0.3 is 4.90 Å². The SMILES string of the molecule is Cc1cccc2c1-c1ccc(N(c3ccc(C4CCCCC4)cc3)c3ccc4ccccc4c3-c3ccccc3)cc1C2(c1ccccc1)c1ccccc1. The van der Waals surface area contributed by atoms with Gasteiger partial charge in [-0.05, 0) is 117 Å². The molecule has 55 heavy (non-hydrogen) atoms. The summed E-state index contributed by atoms with van der Waals surface area (Å²) >= 11 is 0. The Labute approximate surface area is 325 Å². The average molecular weight is 708 g/mol. The van der Waals surface area contributed by atoms with E-state index in [1.165, 1.54) is 110 Å². The van der Waals surface area contributed by atoms with Crippen LogP contribution in [0.5, 0.6) is 0 Å². The molecule has 0 unspecified atom stereocenters. The van der Waals surface area contributed by atoms with Crippen LogP contribution in [0.3, 0.4) is 0 Å². The summed E-state index contributed by atoms with van der Waals surface area (Å²) in [5.74, 6) is 0.649. The summed E-state index contributed by atoms with van der Waals surface area (Å²) in [5.41, 5.74) is 16.1. The molecule has 0 radical (unpaired) electrons. The van der Waals surface area contributed by atoms with Crippen LogP contribution in [0.25, 0.3) is 33.0 Å². The molecule has 0 aliphatic heterocycles. The van der Waals surface area contributed by atoms with Crippen molar-refractivity contribution in [2.24, 2.45) is 0 Å². The molecule has 0 saturated heterocycles. The highest BCUT2D eigenvalue weighted by Gasteiger charge is 2.47. The molecule has 0 N–H and O–H groups in total. The third kappa shape index (κ3) is 5.52. The molecule has 0 bridgehead atoms. The van der Waals surface area contributed by atoms with E-state index in [0.717, 1.165) is 5.69 Å². The molecule has 0 heterocycles. The Balaban J connectivity index is 1.26. The molecule has 266 valence electrons. The van der Waals surface area contributed by atoms with Crippen molar-refractivity contribution in [3.8, 4) is 22.3 Å². The number of rotatable bonds is 7. The Morgan fingerprint density at radius 2 is 1.13 bits per heavy atom. The predicted octanol–water partition coefficient (Wildman–Crippen LogP) is 14.7. The van der Waals surface area contributed by atoms with Gasteiger partial charge in [0.15, 0.2) is 0 Å². The van der Waals surface area contributed by atoms with E-state index in [1.54, 1.807) is 0 Å². The summed E-state index contributed by atoms with van der Waals surface area (Å²) in [6.07, 6.45) is 6.60. The van der Waals surface area contributed by atoms with Crippen LogP contribution in [0.4, 0.5) is 17.1 Å². The van der Waals surface area contributed by atoms with Crippen LogP contribution < -0.4 is 4.90 Å². The molecular formula is C54H45N. The van der Waals surface area contributed by atoms with Crippen molar-refractivity contribution in [2.75, 3.05) is 4.90 Å². The molecule has 0 aromatic heterocycles. The topological polar surface area (TPSA) is 3.24 Å². The zero-order valence-corrected chi connectivity index (χ0v) is 31.5. The second kappa shape index (κ2) is 13.9. The van der Waals surface area contributed by atoms with Gasteiger partial charge in [-0.25, -0.2) is 0 Å². The Morgan fingerprint density at radius 1 is 0.491 bits per heavy atom. The zero-order valence-electron chi connectivity index (χ0n) is 31.5. The van der Waals surface area contributed by atoms with Gasteiger partial charge in [0, 0.05) is 16.9 Å². The Morgan fingerprint density at radius 3 is 1.84 bits per heavy atom. The number of nitrogens with zero attached hydrogens (tertiary/aromatic N) is 1. The van der Waals surface area contributed by atoms with E-state index < -0.39 is 5.41 Å². The Bertz CT molecular complexity index is 2580. The molecule has 1 heteroatoms. The molecule has 1 nitrogen and oxygen atoms in total. The van der Waals surface area contributed by atoms with Crippen molar-refractivity contribution in [2.45, 2.75) is 50.4 Å². The largest absolute Gasteiger partial charge is 0.310 e. The van der Waals surface area contributed by atoms with Crippen molar-refractivity contribution in [3.63, 3.8) is 0 Å². The fourth-order valence-electron chi connectivity index (χ4n) is 9.96. The van der Waals surface area contributed by atoms with Gasteiger partial charge in [-0.3, -0.25) is 0 Å². The smallest absolute Gasteiger partial charge is 0.0714 e. The molecule has 8 aromatic rings. The fourth-order valence-corrected chi connectivity index (χ4v) is 9.96. The number of hydrogen-bond acceptors (Lipinski definition) is 1. The number of hydrogen-bond donors (Lipinski definition) is 0. The molecule has 0 atom stereocenters. The molecular weight excluding hydrogens is 663 g/mol. The highest BCUT2D eigenvalue weighted by Crippen LogP contribution is 2.58. The minimum atomic E-state index is -0.489. The number of fused-ring (bicyclic) bond motifs is 4. The molecule has 2 aliphatic carbocycles. The molecule has 0 amide bonds. The number of anilines is 3. The maximum atomic E-state index is 2.52. The van der Waals surface area contributed by atoms with Crippen molar-refractivity contribution < 1.29 is 0 Å². The lowest BCUT2D eigenvalue weighted by atomic mass is 9.67. The second-order valence-corrected chi connectivity index (χ2v) is 15.5. The number of aryl methyl sites for hydroxylation is 1. The monoisotopic (exact) mass is 707 g/mol. The van der Waals surface area contributed by atoms with Crippen LogP contribution in [0.2, 0.25) is 0 Å². The van der Waals surface area contributed by atoms with Gasteiger partial charge in [0.25, 0.3) is 0 Å². The first kappa shape index (κ1) is 33.4. The summed E-state index contributed by atoms with van der Waals surface area (Å²) < 4.78 is 0. The van der Waals surface area contributed by atoms with Crippen LogP contribution in [-0.2, 0) is 5.41 Å². The fraction of sp³-hybridized carbons (Fsp3) is 0.148. The van der Waals surface area contributed by atoms with Gasteiger partial charge in [0.2, 0.25) is 0 Å². The van der Waals surface area contributed by atoms with E-state index >= 15 is 0 Å². The lowest BCUT2D eigenvalue weighted by Gasteiger charge is -2.35. The van der Waals surface area contributed by atoms with E-state index in [2.05, 4.69) is 200 Å². The highest BCUT2D eigenvalue weighted by atomic mass is 15.1.